The van der Waals surface area contributed by atoms with E-state index >= 15 is 0 Å². The molecule has 0 aliphatic carbocycles. The lowest BCUT2D eigenvalue weighted by Gasteiger charge is -2.33. The van der Waals surface area contributed by atoms with Crippen molar-refractivity contribution in [1.82, 2.24) is 14.8 Å². The first kappa shape index (κ1) is 18.8. The van der Waals surface area contributed by atoms with Gasteiger partial charge in [-0.2, -0.15) is 0 Å². The van der Waals surface area contributed by atoms with Crippen LogP contribution in [-0.2, 0) is 23.1 Å². The number of nitrogens with one attached hydrogen (secondary N) is 1. The van der Waals surface area contributed by atoms with Gasteiger partial charge in [-0.1, -0.05) is 0 Å². The lowest BCUT2D eigenvalue weighted by molar-refractivity contribution is -0.146. The summed E-state index contributed by atoms with van der Waals surface area (Å²) in [6.07, 6.45) is 3.66. The molecular formula is C15H25IN4O2. The summed E-state index contributed by atoms with van der Waals surface area (Å²) < 4.78 is 6.90. The Hall–Kier alpha value is -1.25. The first-order valence-electron chi connectivity index (χ1n) is 7.29. The monoisotopic (exact) mass is 420 g/mol. The molecule has 1 saturated heterocycles. The minimum atomic E-state index is -0.0959. The van der Waals surface area contributed by atoms with Crippen molar-refractivity contribution in [1.29, 1.82) is 0 Å². The number of halogens is 1. The minimum absolute atomic E-state index is 0. The van der Waals surface area contributed by atoms with Crippen molar-refractivity contribution in [3.63, 3.8) is 0 Å². The summed E-state index contributed by atoms with van der Waals surface area (Å²) in [4.78, 5) is 18.1. The van der Waals surface area contributed by atoms with E-state index in [4.69, 9.17) is 4.74 Å². The van der Waals surface area contributed by atoms with Crippen LogP contribution in [0.1, 0.15) is 18.5 Å². The molecule has 22 heavy (non-hydrogen) atoms. The Labute approximate surface area is 148 Å². The highest BCUT2D eigenvalue weighted by atomic mass is 127. The molecule has 6 nitrogen and oxygen atoms in total. The van der Waals surface area contributed by atoms with Gasteiger partial charge in [0.05, 0.1) is 19.6 Å². The summed E-state index contributed by atoms with van der Waals surface area (Å²) in [6, 6.07) is 4.12. The highest BCUT2D eigenvalue weighted by Crippen LogP contribution is 2.18. The number of nitrogens with zero attached hydrogens (tertiary/aromatic N) is 3. The molecule has 0 amide bonds. The SMILES string of the molecule is CN=C(NCc1cccn1C)N1CCC(C(=O)OC)CC1.I. The quantitative estimate of drug-likeness (QED) is 0.350. The number of aromatic nitrogens is 1. The molecule has 1 N–H and O–H groups in total. The summed E-state index contributed by atoms with van der Waals surface area (Å²) in [7, 11) is 5.27. The number of carbonyl (C=O) groups is 1. The van der Waals surface area contributed by atoms with Gasteiger partial charge in [0.2, 0.25) is 0 Å². The van der Waals surface area contributed by atoms with E-state index in [1.807, 2.05) is 19.3 Å². The van der Waals surface area contributed by atoms with Gasteiger partial charge >= 0.3 is 5.97 Å². The number of aryl methyl sites for hydroxylation is 1. The van der Waals surface area contributed by atoms with Crippen molar-refractivity contribution >= 4 is 35.9 Å². The smallest absolute Gasteiger partial charge is 0.308 e. The van der Waals surface area contributed by atoms with E-state index in [0.29, 0.717) is 0 Å². The zero-order chi connectivity index (χ0) is 15.2. The fourth-order valence-electron chi connectivity index (χ4n) is 2.68. The normalized spacial score (nSPS) is 16.1. The second-order valence-corrected chi connectivity index (χ2v) is 5.30. The molecule has 0 atom stereocenters. The summed E-state index contributed by atoms with van der Waals surface area (Å²) >= 11 is 0. The van der Waals surface area contributed by atoms with Crippen molar-refractivity contribution in [3.8, 4) is 0 Å². The molecule has 0 spiro atoms. The highest BCUT2D eigenvalue weighted by molar-refractivity contribution is 14.0. The van der Waals surface area contributed by atoms with Crippen LogP contribution in [0.15, 0.2) is 23.3 Å². The number of rotatable bonds is 3. The average Bonchev–Trinajstić information content (AvgIpc) is 2.93. The Bertz CT molecular complexity index is 507. The lowest BCUT2D eigenvalue weighted by Crippen LogP contribution is -2.46. The van der Waals surface area contributed by atoms with Crippen molar-refractivity contribution in [3.05, 3.63) is 24.0 Å². The van der Waals surface area contributed by atoms with Crippen molar-refractivity contribution in [2.75, 3.05) is 27.2 Å². The van der Waals surface area contributed by atoms with Crippen LogP contribution in [0.2, 0.25) is 0 Å². The van der Waals surface area contributed by atoms with Crippen LogP contribution in [0.25, 0.3) is 0 Å². The number of piperidine rings is 1. The fourth-order valence-corrected chi connectivity index (χ4v) is 2.68. The zero-order valence-corrected chi connectivity index (χ0v) is 15.7. The maximum atomic E-state index is 11.5. The molecule has 1 aromatic rings. The number of ether oxygens (including phenoxy) is 1. The van der Waals surface area contributed by atoms with Crippen molar-refractivity contribution < 1.29 is 9.53 Å². The first-order valence-corrected chi connectivity index (χ1v) is 7.29. The van der Waals surface area contributed by atoms with Gasteiger partial charge in [0, 0.05) is 39.1 Å². The van der Waals surface area contributed by atoms with Crippen LogP contribution in [0, 0.1) is 5.92 Å². The summed E-state index contributed by atoms with van der Waals surface area (Å²) in [5.74, 6) is 0.818. The second-order valence-electron chi connectivity index (χ2n) is 5.30. The molecule has 1 aliphatic heterocycles. The molecule has 2 heterocycles. The highest BCUT2D eigenvalue weighted by Gasteiger charge is 2.26. The standard InChI is InChI=1S/C15H24N4O2.HI/c1-16-15(17-11-13-5-4-8-18(13)2)19-9-6-12(7-10-19)14(20)21-3;/h4-5,8,12H,6-7,9-11H2,1-3H3,(H,16,17);1H. The molecular weight excluding hydrogens is 395 g/mol. The Balaban J connectivity index is 0.00000242. The number of aliphatic imine (C=N–C) groups is 1. The van der Waals surface area contributed by atoms with Crippen LogP contribution in [0.5, 0.6) is 0 Å². The van der Waals surface area contributed by atoms with Crippen LogP contribution >= 0.6 is 24.0 Å². The maximum absolute atomic E-state index is 11.5. The Morgan fingerprint density at radius 1 is 1.45 bits per heavy atom. The van der Waals surface area contributed by atoms with E-state index in [-0.39, 0.29) is 35.9 Å². The van der Waals surface area contributed by atoms with Crippen LogP contribution in [0.4, 0.5) is 0 Å². The number of likely N-dealkylation sites (tertiary alicyclic amines) is 1. The van der Waals surface area contributed by atoms with Gasteiger partial charge in [0.15, 0.2) is 5.96 Å². The topological polar surface area (TPSA) is 58.9 Å². The Morgan fingerprint density at radius 2 is 2.14 bits per heavy atom. The van der Waals surface area contributed by atoms with E-state index in [0.717, 1.165) is 38.4 Å². The molecule has 1 aromatic heterocycles. The fraction of sp³-hybridized carbons (Fsp3) is 0.600. The average molecular weight is 420 g/mol. The minimum Gasteiger partial charge on any atom is -0.469 e. The van der Waals surface area contributed by atoms with Gasteiger partial charge in [-0.25, -0.2) is 0 Å². The molecule has 1 fully saturated rings. The number of esters is 1. The number of carbonyl (C=O) groups excluding carboxylic acids is 1. The third-order valence-corrected chi connectivity index (χ3v) is 4.02. The Kier molecular flexibility index (Phi) is 7.70. The largest absolute Gasteiger partial charge is 0.469 e. The molecule has 0 radical (unpaired) electrons. The molecule has 1 aliphatic rings. The Morgan fingerprint density at radius 3 is 2.64 bits per heavy atom. The summed E-state index contributed by atoms with van der Waals surface area (Å²) in [5, 5.41) is 3.38. The van der Waals surface area contributed by atoms with Gasteiger partial charge in [-0.3, -0.25) is 9.79 Å². The van der Waals surface area contributed by atoms with Crippen LogP contribution < -0.4 is 5.32 Å². The van der Waals surface area contributed by atoms with Gasteiger partial charge in [-0.05, 0) is 25.0 Å². The van der Waals surface area contributed by atoms with Crippen LogP contribution in [-0.4, -0.2) is 48.6 Å². The summed E-state index contributed by atoms with van der Waals surface area (Å²) in [6.45, 7) is 2.40. The molecule has 7 heteroatoms. The third-order valence-electron chi connectivity index (χ3n) is 4.02. The van der Waals surface area contributed by atoms with Gasteiger partial charge < -0.3 is 19.5 Å². The van der Waals surface area contributed by atoms with E-state index in [1.165, 1.54) is 12.8 Å². The van der Waals surface area contributed by atoms with E-state index in [9.17, 15) is 4.79 Å². The number of guanidine groups is 1. The molecule has 0 bridgehead atoms. The lowest BCUT2D eigenvalue weighted by atomic mass is 9.97. The summed E-state index contributed by atoms with van der Waals surface area (Å²) in [5.41, 5.74) is 1.21. The predicted octanol–water partition coefficient (Wildman–Crippen LogP) is 1.60. The van der Waals surface area contributed by atoms with Gasteiger partial charge in [0.1, 0.15) is 0 Å². The van der Waals surface area contributed by atoms with Crippen molar-refractivity contribution in [2.45, 2.75) is 19.4 Å². The number of hydrogen-bond donors (Lipinski definition) is 1. The number of methoxy groups -OCH3 is 1. The molecule has 2 rings (SSSR count). The zero-order valence-electron chi connectivity index (χ0n) is 13.4. The molecule has 0 aromatic carbocycles. The van der Waals surface area contributed by atoms with Gasteiger partial charge in [-0.15, -0.1) is 24.0 Å². The first-order chi connectivity index (χ1) is 10.2. The number of hydrogen-bond acceptors (Lipinski definition) is 3. The third kappa shape index (κ3) is 4.62. The second kappa shape index (κ2) is 9.02. The molecule has 0 unspecified atom stereocenters. The predicted molar refractivity (Wildman–Crippen MR) is 97.3 cm³/mol. The van der Waals surface area contributed by atoms with Crippen LogP contribution in [0.3, 0.4) is 0 Å². The van der Waals surface area contributed by atoms with E-state index in [1.54, 1.807) is 7.05 Å². The maximum Gasteiger partial charge on any atom is 0.308 e. The van der Waals surface area contributed by atoms with E-state index < -0.39 is 0 Å². The van der Waals surface area contributed by atoms with Gasteiger partial charge in [0.25, 0.3) is 0 Å². The molecule has 124 valence electrons. The van der Waals surface area contributed by atoms with E-state index in [2.05, 4.69) is 25.8 Å². The molecule has 0 saturated carbocycles. The van der Waals surface area contributed by atoms with Crippen molar-refractivity contribution in [2.24, 2.45) is 18.0 Å².